The lowest BCUT2D eigenvalue weighted by molar-refractivity contribution is 0.364. The van der Waals surface area contributed by atoms with E-state index in [1.807, 2.05) is 10.8 Å². The van der Waals surface area contributed by atoms with Crippen molar-refractivity contribution < 1.29 is 4.52 Å². The molecule has 0 aliphatic heterocycles. The molecule has 6 nitrogen and oxygen atoms in total. The zero-order valence-corrected chi connectivity index (χ0v) is 8.83. The lowest BCUT2D eigenvalue weighted by Gasteiger charge is -2.01. The summed E-state index contributed by atoms with van der Waals surface area (Å²) in [4.78, 5) is 8.49. The van der Waals surface area contributed by atoms with Crippen molar-refractivity contribution in [3.63, 3.8) is 0 Å². The van der Waals surface area contributed by atoms with E-state index in [1.54, 1.807) is 6.20 Å². The molecule has 0 bridgehead atoms. The highest BCUT2D eigenvalue weighted by Gasteiger charge is 2.28. The fourth-order valence-corrected chi connectivity index (χ4v) is 1.66. The summed E-state index contributed by atoms with van der Waals surface area (Å²) in [5.74, 6) is 2.81. The van der Waals surface area contributed by atoms with Gasteiger partial charge in [0.2, 0.25) is 5.89 Å². The summed E-state index contributed by atoms with van der Waals surface area (Å²) in [7, 11) is 0. The molecule has 1 fully saturated rings. The van der Waals surface area contributed by atoms with Crippen LogP contribution in [0.25, 0.3) is 0 Å². The Bertz CT molecular complexity index is 485. The van der Waals surface area contributed by atoms with Crippen molar-refractivity contribution in [1.29, 1.82) is 0 Å². The molecule has 0 spiro atoms. The minimum atomic E-state index is 0.413. The maximum atomic E-state index is 5.56. The highest BCUT2D eigenvalue weighted by Crippen LogP contribution is 2.38. The van der Waals surface area contributed by atoms with Crippen molar-refractivity contribution in [2.75, 3.05) is 0 Å². The number of nitrogens with two attached hydrogens (primary N) is 1. The van der Waals surface area contributed by atoms with Crippen LogP contribution < -0.4 is 5.73 Å². The molecule has 2 aromatic rings. The first-order valence-electron chi connectivity index (χ1n) is 5.39. The predicted octanol–water partition coefficient (Wildman–Crippen LogP) is 0.650. The van der Waals surface area contributed by atoms with Crippen LogP contribution in [0.5, 0.6) is 0 Å². The van der Waals surface area contributed by atoms with E-state index in [1.165, 1.54) is 12.8 Å². The van der Waals surface area contributed by atoms with Crippen molar-refractivity contribution >= 4 is 0 Å². The molecule has 3 rings (SSSR count). The first-order chi connectivity index (χ1) is 7.86. The van der Waals surface area contributed by atoms with Gasteiger partial charge in [-0.1, -0.05) is 5.16 Å². The SMILES string of the molecule is NCc1nccn1Cc1nc(C2CC2)no1. The van der Waals surface area contributed by atoms with E-state index in [4.69, 9.17) is 10.3 Å². The minimum Gasteiger partial charge on any atom is -0.337 e. The molecule has 0 saturated heterocycles. The lowest BCUT2D eigenvalue weighted by Crippen LogP contribution is -2.09. The maximum Gasteiger partial charge on any atom is 0.246 e. The summed E-state index contributed by atoms with van der Waals surface area (Å²) < 4.78 is 7.11. The second-order valence-electron chi connectivity index (χ2n) is 4.00. The number of imidazole rings is 1. The van der Waals surface area contributed by atoms with Crippen LogP contribution in [0.15, 0.2) is 16.9 Å². The van der Waals surface area contributed by atoms with Crippen molar-refractivity contribution in [3.8, 4) is 0 Å². The van der Waals surface area contributed by atoms with Gasteiger partial charge in [-0.25, -0.2) is 4.98 Å². The fourth-order valence-electron chi connectivity index (χ4n) is 1.66. The van der Waals surface area contributed by atoms with Crippen LogP contribution in [0.4, 0.5) is 0 Å². The third-order valence-corrected chi connectivity index (χ3v) is 2.72. The van der Waals surface area contributed by atoms with Gasteiger partial charge in [0.15, 0.2) is 5.82 Å². The molecule has 2 aromatic heterocycles. The predicted molar refractivity (Wildman–Crippen MR) is 55.5 cm³/mol. The van der Waals surface area contributed by atoms with E-state index in [9.17, 15) is 0 Å². The normalized spacial score (nSPS) is 15.6. The van der Waals surface area contributed by atoms with Crippen molar-refractivity contribution in [2.24, 2.45) is 5.73 Å². The van der Waals surface area contributed by atoms with Crippen molar-refractivity contribution in [2.45, 2.75) is 31.8 Å². The molecular weight excluding hydrogens is 206 g/mol. The molecule has 1 aliphatic carbocycles. The van der Waals surface area contributed by atoms with Gasteiger partial charge in [-0.05, 0) is 12.8 Å². The van der Waals surface area contributed by atoms with E-state index in [-0.39, 0.29) is 0 Å². The summed E-state index contributed by atoms with van der Waals surface area (Å²) in [6.45, 7) is 0.961. The summed E-state index contributed by atoms with van der Waals surface area (Å²) in [5, 5.41) is 3.96. The molecule has 2 heterocycles. The number of nitrogens with zero attached hydrogens (tertiary/aromatic N) is 4. The van der Waals surface area contributed by atoms with Crippen LogP contribution in [0, 0.1) is 0 Å². The van der Waals surface area contributed by atoms with Crippen LogP contribution in [-0.2, 0) is 13.1 Å². The fraction of sp³-hybridized carbons (Fsp3) is 0.500. The molecule has 0 aromatic carbocycles. The third-order valence-electron chi connectivity index (χ3n) is 2.72. The number of rotatable bonds is 4. The van der Waals surface area contributed by atoms with Crippen LogP contribution in [0.2, 0.25) is 0 Å². The number of aromatic nitrogens is 4. The number of hydrogen-bond acceptors (Lipinski definition) is 5. The number of hydrogen-bond donors (Lipinski definition) is 1. The Balaban J connectivity index is 1.77. The summed E-state index contributed by atoms with van der Waals surface area (Å²) in [6.07, 6.45) is 5.94. The third kappa shape index (κ3) is 1.71. The Morgan fingerprint density at radius 1 is 1.50 bits per heavy atom. The molecule has 1 saturated carbocycles. The Kier molecular flexibility index (Phi) is 2.21. The zero-order chi connectivity index (χ0) is 11.0. The van der Waals surface area contributed by atoms with Crippen molar-refractivity contribution in [3.05, 3.63) is 29.9 Å². The Morgan fingerprint density at radius 3 is 3.12 bits per heavy atom. The zero-order valence-electron chi connectivity index (χ0n) is 8.83. The van der Waals surface area contributed by atoms with Crippen LogP contribution >= 0.6 is 0 Å². The molecule has 2 N–H and O–H groups in total. The molecule has 0 unspecified atom stereocenters. The first-order valence-corrected chi connectivity index (χ1v) is 5.39. The molecule has 6 heteroatoms. The smallest absolute Gasteiger partial charge is 0.246 e. The van der Waals surface area contributed by atoms with Gasteiger partial charge in [0.25, 0.3) is 0 Å². The van der Waals surface area contributed by atoms with Gasteiger partial charge < -0.3 is 14.8 Å². The largest absolute Gasteiger partial charge is 0.337 e. The highest BCUT2D eigenvalue weighted by molar-refractivity contribution is 5.04. The van der Waals surface area contributed by atoms with E-state index in [0.29, 0.717) is 24.9 Å². The average molecular weight is 219 g/mol. The first kappa shape index (κ1) is 9.53. The van der Waals surface area contributed by atoms with Crippen LogP contribution in [0.1, 0.15) is 36.3 Å². The van der Waals surface area contributed by atoms with Crippen LogP contribution in [0.3, 0.4) is 0 Å². The molecule has 84 valence electrons. The lowest BCUT2D eigenvalue weighted by atomic mass is 10.4. The second kappa shape index (κ2) is 3.71. The molecule has 0 amide bonds. The standard InChI is InChI=1S/C10H13N5O/c11-5-8-12-3-4-15(8)6-9-13-10(14-16-9)7-1-2-7/h3-4,7H,1-2,5-6,11H2. The van der Waals surface area contributed by atoms with Gasteiger partial charge >= 0.3 is 0 Å². The minimum absolute atomic E-state index is 0.413. The molecular formula is C10H13N5O. The van der Waals surface area contributed by atoms with Gasteiger partial charge in [0, 0.05) is 18.3 Å². The van der Waals surface area contributed by atoms with Gasteiger partial charge in [-0.3, -0.25) is 0 Å². The van der Waals surface area contributed by atoms with Gasteiger partial charge in [0.05, 0.1) is 6.54 Å². The van der Waals surface area contributed by atoms with Crippen LogP contribution in [-0.4, -0.2) is 19.7 Å². The molecule has 0 atom stereocenters. The maximum absolute atomic E-state index is 5.56. The topological polar surface area (TPSA) is 82.8 Å². The summed E-state index contributed by atoms with van der Waals surface area (Å²) in [6, 6.07) is 0. The van der Waals surface area contributed by atoms with E-state index in [2.05, 4.69) is 15.1 Å². The molecule has 1 aliphatic rings. The van der Waals surface area contributed by atoms with Gasteiger partial charge in [-0.15, -0.1) is 0 Å². The van der Waals surface area contributed by atoms with Crippen molar-refractivity contribution in [1.82, 2.24) is 19.7 Å². The quantitative estimate of drug-likeness (QED) is 0.816. The molecule has 16 heavy (non-hydrogen) atoms. The second-order valence-corrected chi connectivity index (χ2v) is 4.00. The Labute approximate surface area is 92.5 Å². The van der Waals surface area contributed by atoms with E-state index < -0.39 is 0 Å². The molecule has 0 radical (unpaired) electrons. The monoisotopic (exact) mass is 219 g/mol. The van der Waals surface area contributed by atoms with E-state index in [0.717, 1.165) is 11.6 Å². The van der Waals surface area contributed by atoms with Gasteiger partial charge in [0.1, 0.15) is 12.4 Å². The van der Waals surface area contributed by atoms with E-state index >= 15 is 0 Å². The van der Waals surface area contributed by atoms with Gasteiger partial charge in [-0.2, -0.15) is 4.98 Å². The highest BCUT2D eigenvalue weighted by atomic mass is 16.5. The Morgan fingerprint density at radius 2 is 2.38 bits per heavy atom. The summed E-state index contributed by atoms with van der Waals surface area (Å²) >= 11 is 0. The summed E-state index contributed by atoms with van der Waals surface area (Å²) in [5.41, 5.74) is 5.56. The average Bonchev–Trinajstić information content (AvgIpc) is 2.88. The Hall–Kier alpha value is -1.69.